The van der Waals surface area contributed by atoms with Gasteiger partial charge in [0.15, 0.2) is 0 Å². The molecule has 7 rings (SSSR count). The number of aryl methyl sites for hydroxylation is 2. The summed E-state index contributed by atoms with van der Waals surface area (Å²) in [5.74, 6) is 1.81. The van der Waals surface area contributed by atoms with Crippen molar-refractivity contribution in [2.24, 2.45) is 0 Å². The van der Waals surface area contributed by atoms with Gasteiger partial charge >= 0.3 is 0 Å². The summed E-state index contributed by atoms with van der Waals surface area (Å²) in [4.78, 5) is 5.33. The number of benzene rings is 6. The van der Waals surface area contributed by atoms with E-state index in [1.807, 2.05) is 18.2 Å². The maximum atomic E-state index is 12.0. The Morgan fingerprint density at radius 2 is 0.792 bits per heavy atom. The van der Waals surface area contributed by atoms with Gasteiger partial charge in [-0.2, -0.15) is 0 Å². The smallest absolute Gasteiger partial charge is 0.134 e. The van der Waals surface area contributed by atoms with Gasteiger partial charge in [0, 0.05) is 33.4 Å². The lowest BCUT2D eigenvalue weighted by Crippen LogP contribution is -1.99. The standard InChI is InChI=1S/C50H47NO2/c1-31(2)35-17-8-10-19-37(35)43-27-33(5)28-44(49(43)52)39-21-12-14-23-41(39)47-25-16-26-48(51-47)42-24-15-13-22-40(42)46-30-34(6)29-45(50(46)53-7)38-20-11-9-18-36(38)32(3)4/h8-32,52H,1-7H3. The maximum absolute atomic E-state index is 12.0. The van der Waals surface area contributed by atoms with Gasteiger partial charge in [-0.15, -0.1) is 0 Å². The highest BCUT2D eigenvalue weighted by atomic mass is 16.5. The number of nitrogens with zero attached hydrogens (tertiary/aromatic N) is 1. The summed E-state index contributed by atoms with van der Waals surface area (Å²) in [5.41, 5.74) is 16.4. The zero-order valence-electron chi connectivity index (χ0n) is 31.7. The molecule has 3 nitrogen and oxygen atoms in total. The first-order valence-electron chi connectivity index (χ1n) is 18.5. The summed E-state index contributed by atoms with van der Waals surface area (Å²) in [6.45, 7) is 13.1. The van der Waals surface area contributed by atoms with Crippen LogP contribution < -0.4 is 4.74 Å². The Bertz CT molecular complexity index is 2440. The number of phenolic OH excluding ortho intramolecular Hbond substituents is 1. The van der Waals surface area contributed by atoms with E-state index in [4.69, 9.17) is 9.72 Å². The topological polar surface area (TPSA) is 42.4 Å². The van der Waals surface area contributed by atoms with Crippen LogP contribution in [0.2, 0.25) is 0 Å². The second-order valence-corrected chi connectivity index (χ2v) is 14.6. The first-order valence-corrected chi connectivity index (χ1v) is 18.5. The Kier molecular flexibility index (Phi) is 10.0. The van der Waals surface area contributed by atoms with Crippen LogP contribution in [0.3, 0.4) is 0 Å². The molecule has 264 valence electrons. The molecule has 0 aliphatic carbocycles. The minimum atomic E-state index is 0.277. The van der Waals surface area contributed by atoms with Crippen molar-refractivity contribution in [1.82, 2.24) is 4.98 Å². The fourth-order valence-corrected chi connectivity index (χ4v) is 7.69. The van der Waals surface area contributed by atoms with Crippen molar-refractivity contribution in [3.63, 3.8) is 0 Å². The van der Waals surface area contributed by atoms with Gasteiger partial charge in [0.25, 0.3) is 0 Å². The molecule has 0 spiro atoms. The fraction of sp³-hybridized carbons (Fsp3) is 0.180. The molecule has 0 amide bonds. The zero-order valence-corrected chi connectivity index (χ0v) is 31.7. The second kappa shape index (κ2) is 15.0. The third-order valence-corrected chi connectivity index (χ3v) is 10.2. The molecule has 0 fully saturated rings. The van der Waals surface area contributed by atoms with Crippen molar-refractivity contribution in [3.05, 3.63) is 162 Å². The van der Waals surface area contributed by atoms with Gasteiger partial charge in [0.2, 0.25) is 0 Å². The van der Waals surface area contributed by atoms with E-state index in [1.54, 1.807) is 7.11 Å². The van der Waals surface area contributed by atoms with Crippen molar-refractivity contribution >= 4 is 0 Å². The third kappa shape index (κ3) is 6.88. The molecule has 0 aliphatic rings. The van der Waals surface area contributed by atoms with Gasteiger partial charge in [-0.1, -0.05) is 131 Å². The molecule has 0 saturated carbocycles. The Balaban J connectivity index is 1.37. The summed E-state index contributed by atoms with van der Waals surface area (Å²) in [6, 6.07) is 48.5. The van der Waals surface area contributed by atoms with Crippen LogP contribution in [0, 0.1) is 13.8 Å². The molecular formula is C50H47NO2. The first kappa shape index (κ1) is 35.5. The molecule has 1 heterocycles. The Morgan fingerprint density at radius 1 is 0.434 bits per heavy atom. The van der Waals surface area contributed by atoms with Crippen molar-refractivity contribution in [2.75, 3.05) is 7.11 Å². The number of phenols is 1. The molecule has 0 unspecified atom stereocenters. The number of hydrogen-bond donors (Lipinski definition) is 1. The second-order valence-electron chi connectivity index (χ2n) is 14.6. The highest BCUT2D eigenvalue weighted by Crippen LogP contribution is 2.47. The van der Waals surface area contributed by atoms with Crippen molar-refractivity contribution in [2.45, 2.75) is 53.4 Å². The Hall–Kier alpha value is -5.93. The van der Waals surface area contributed by atoms with Crippen LogP contribution in [0.5, 0.6) is 11.5 Å². The van der Waals surface area contributed by atoms with Gasteiger partial charge in [0.05, 0.1) is 18.5 Å². The van der Waals surface area contributed by atoms with E-state index in [9.17, 15) is 5.11 Å². The van der Waals surface area contributed by atoms with Gasteiger partial charge in [-0.05, 0) is 107 Å². The van der Waals surface area contributed by atoms with Gasteiger partial charge in [-0.3, -0.25) is 0 Å². The van der Waals surface area contributed by atoms with Crippen LogP contribution in [-0.2, 0) is 0 Å². The quantitative estimate of drug-likeness (QED) is 0.164. The average Bonchev–Trinajstić information content (AvgIpc) is 3.18. The SMILES string of the molecule is COc1c(-c2ccccc2-c2cccc(-c3ccccc3-c3cc(C)cc(-c4ccccc4C(C)C)c3O)n2)cc(C)cc1-c1ccccc1C(C)C. The predicted octanol–water partition coefficient (Wildman–Crippen LogP) is 13.7. The molecule has 1 N–H and O–H groups in total. The van der Waals surface area contributed by atoms with Crippen LogP contribution >= 0.6 is 0 Å². The number of ether oxygens (including phenoxy) is 1. The van der Waals surface area contributed by atoms with E-state index < -0.39 is 0 Å². The molecule has 0 saturated heterocycles. The third-order valence-electron chi connectivity index (χ3n) is 10.2. The minimum Gasteiger partial charge on any atom is -0.507 e. The predicted molar refractivity (Wildman–Crippen MR) is 223 cm³/mol. The zero-order chi connectivity index (χ0) is 37.2. The number of methoxy groups -OCH3 is 1. The molecule has 7 aromatic rings. The lowest BCUT2D eigenvalue weighted by Gasteiger charge is -2.20. The highest BCUT2D eigenvalue weighted by Gasteiger charge is 2.22. The first-order chi connectivity index (χ1) is 25.7. The molecule has 3 heteroatoms. The largest absolute Gasteiger partial charge is 0.507 e. The van der Waals surface area contributed by atoms with Crippen LogP contribution in [0.15, 0.2) is 140 Å². The van der Waals surface area contributed by atoms with E-state index >= 15 is 0 Å². The lowest BCUT2D eigenvalue weighted by atomic mass is 9.87. The van der Waals surface area contributed by atoms with Gasteiger partial charge < -0.3 is 9.84 Å². The molecular weight excluding hydrogens is 647 g/mol. The van der Waals surface area contributed by atoms with Crippen LogP contribution in [0.1, 0.15) is 61.8 Å². The monoisotopic (exact) mass is 693 g/mol. The van der Waals surface area contributed by atoms with Crippen LogP contribution in [-0.4, -0.2) is 17.2 Å². The molecule has 0 bridgehead atoms. The summed E-state index contributed by atoms with van der Waals surface area (Å²) in [5, 5.41) is 12.0. The van der Waals surface area contributed by atoms with E-state index in [0.29, 0.717) is 11.8 Å². The van der Waals surface area contributed by atoms with E-state index in [-0.39, 0.29) is 5.75 Å². The number of hydrogen-bond acceptors (Lipinski definition) is 3. The number of pyridine rings is 1. The average molecular weight is 694 g/mol. The van der Waals surface area contributed by atoms with E-state index in [1.165, 1.54) is 16.7 Å². The van der Waals surface area contributed by atoms with Gasteiger partial charge in [-0.25, -0.2) is 4.98 Å². The lowest BCUT2D eigenvalue weighted by molar-refractivity contribution is 0.418. The van der Waals surface area contributed by atoms with E-state index in [2.05, 4.69) is 163 Å². The van der Waals surface area contributed by atoms with Crippen molar-refractivity contribution < 1.29 is 9.84 Å². The summed E-state index contributed by atoms with van der Waals surface area (Å²) >= 11 is 0. The van der Waals surface area contributed by atoms with E-state index in [0.717, 1.165) is 78.3 Å². The highest BCUT2D eigenvalue weighted by molar-refractivity contribution is 5.93. The fourth-order valence-electron chi connectivity index (χ4n) is 7.69. The summed E-state index contributed by atoms with van der Waals surface area (Å²) < 4.78 is 6.26. The normalized spacial score (nSPS) is 11.3. The molecule has 6 aromatic carbocycles. The Labute approximate surface area is 314 Å². The van der Waals surface area contributed by atoms with Crippen molar-refractivity contribution in [3.8, 4) is 78.5 Å². The number of aromatic hydroxyl groups is 1. The summed E-state index contributed by atoms with van der Waals surface area (Å²) in [7, 11) is 1.77. The Morgan fingerprint density at radius 3 is 1.26 bits per heavy atom. The molecule has 0 aliphatic heterocycles. The van der Waals surface area contributed by atoms with Crippen LogP contribution in [0.4, 0.5) is 0 Å². The molecule has 53 heavy (non-hydrogen) atoms. The van der Waals surface area contributed by atoms with Crippen molar-refractivity contribution in [1.29, 1.82) is 0 Å². The van der Waals surface area contributed by atoms with Crippen LogP contribution in [0.25, 0.3) is 67.0 Å². The molecule has 0 atom stereocenters. The number of aromatic nitrogens is 1. The minimum absolute atomic E-state index is 0.277. The molecule has 1 aromatic heterocycles. The number of rotatable bonds is 9. The summed E-state index contributed by atoms with van der Waals surface area (Å²) in [6.07, 6.45) is 0. The maximum Gasteiger partial charge on any atom is 0.134 e. The molecule has 0 radical (unpaired) electrons. The van der Waals surface area contributed by atoms with Gasteiger partial charge in [0.1, 0.15) is 11.5 Å².